The average Bonchev–Trinajstić information content (AvgIpc) is 2.68. The molecule has 2 heterocycles. The molecule has 2 aromatic heterocycles. The monoisotopic (exact) mass is 332 g/mol. The maximum atomic E-state index is 12.5. The molecule has 0 spiro atoms. The van der Waals surface area contributed by atoms with Crippen molar-refractivity contribution >= 4 is 11.6 Å². The third kappa shape index (κ3) is 4.64. The van der Waals surface area contributed by atoms with E-state index in [0.29, 0.717) is 18.8 Å². The molecule has 0 fully saturated rings. The Hall–Kier alpha value is -3.21. The molecule has 1 aromatic carbocycles. The van der Waals surface area contributed by atoms with Gasteiger partial charge in [0.15, 0.2) is 0 Å². The predicted molar refractivity (Wildman–Crippen MR) is 98.0 cm³/mol. The van der Waals surface area contributed by atoms with Gasteiger partial charge >= 0.3 is 0 Å². The molecule has 5 heteroatoms. The summed E-state index contributed by atoms with van der Waals surface area (Å²) in [6.07, 6.45) is 5.24. The lowest BCUT2D eigenvalue weighted by molar-refractivity contribution is 0.0779. The van der Waals surface area contributed by atoms with Crippen LogP contribution in [-0.4, -0.2) is 27.8 Å². The third-order valence-electron chi connectivity index (χ3n) is 3.81. The lowest BCUT2D eigenvalue weighted by atomic mass is 10.2. The van der Waals surface area contributed by atoms with Crippen LogP contribution in [0.3, 0.4) is 0 Å². The fraction of sp³-hybridized carbons (Fsp3) is 0.150. The minimum atomic E-state index is -0.0948. The molecule has 1 N–H and O–H groups in total. The summed E-state index contributed by atoms with van der Waals surface area (Å²) in [4.78, 5) is 22.5. The van der Waals surface area contributed by atoms with Crippen molar-refractivity contribution in [3.63, 3.8) is 0 Å². The van der Waals surface area contributed by atoms with Crippen LogP contribution < -0.4 is 5.32 Å². The van der Waals surface area contributed by atoms with E-state index in [1.807, 2.05) is 54.7 Å². The molecule has 0 aliphatic rings. The summed E-state index contributed by atoms with van der Waals surface area (Å²) in [5, 5.41) is 3.27. The molecule has 0 atom stereocenters. The Morgan fingerprint density at radius 3 is 2.48 bits per heavy atom. The summed E-state index contributed by atoms with van der Waals surface area (Å²) in [5.74, 6) is -0.0948. The summed E-state index contributed by atoms with van der Waals surface area (Å²) in [6, 6.07) is 17.4. The van der Waals surface area contributed by atoms with Gasteiger partial charge in [-0.15, -0.1) is 0 Å². The number of hydrogen-bond acceptors (Lipinski definition) is 4. The molecule has 3 rings (SSSR count). The second-order valence-electron chi connectivity index (χ2n) is 5.79. The molecule has 0 bridgehead atoms. The number of rotatable bonds is 6. The van der Waals surface area contributed by atoms with Crippen LogP contribution >= 0.6 is 0 Å². The summed E-state index contributed by atoms with van der Waals surface area (Å²) < 4.78 is 0. The SMILES string of the molecule is CN(Cc1ccccc1)C(=O)c1ccc(NCc2cccnc2)cn1. The van der Waals surface area contributed by atoms with E-state index in [-0.39, 0.29) is 5.91 Å². The Balaban J connectivity index is 1.58. The smallest absolute Gasteiger partial charge is 0.272 e. The number of amides is 1. The number of benzene rings is 1. The van der Waals surface area contributed by atoms with Crippen molar-refractivity contribution in [1.29, 1.82) is 0 Å². The molecular weight excluding hydrogens is 312 g/mol. The number of hydrogen-bond donors (Lipinski definition) is 1. The normalized spacial score (nSPS) is 10.3. The van der Waals surface area contributed by atoms with Gasteiger partial charge < -0.3 is 10.2 Å². The zero-order chi connectivity index (χ0) is 17.5. The quantitative estimate of drug-likeness (QED) is 0.752. The van der Waals surface area contributed by atoms with Gasteiger partial charge in [0, 0.05) is 32.5 Å². The first-order chi connectivity index (χ1) is 12.2. The first-order valence-corrected chi connectivity index (χ1v) is 8.10. The number of carbonyl (C=O) groups is 1. The van der Waals surface area contributed by atoms with Crippen molar-refractivity contribution in [2.75, 3.05) is 12.4 Å². The lowest BCUT2D eigenvalue weighted by Crippen LogP contribution is -2.26. The minimum absolute atomic E-state index is 0.0948. The number of aromatic nitrogens is 2. The van der Waals surface area contributed by atoms with E-state index >= 15 is 0 Å². The van der Waals surface area contributed by atoms with Crippen LogP contribution in [0.1, 0.15) is 21.6 Å². The highest BCUT2D eigenvalue weighted by atomic mass is 16.2. The number of nitrogens with one attached hydrogen (secondary N) is 1. The predicted octanol–water partition coefficient (Wildman–Crippen LogP) is 3.36. The van der Waals surface area contributed by atoms with Gasteiger partial charge in [0.1, 0.15) is 5.69 Å². The molecule has 0 aliphatic carbocycles. The number of anilines is 1. The Morgan fingerprint density at radius 2 is 1.80 bits per heavy atom. The van der Waals surface area contributed by atoms with Crippen LogP contribution in [0.4, 0.5) is 5.69 Å². The summed E-state index contributed by atoms with van der Waals surface area (Å²) >= 11 is 0. The minimum Gasteiger partial charge on any atom is -0.380 e. The third-order valence-corrected chi connectivity index (χ3v) is 3.81. The van der Waals surface area contributed by atoms with Crippen molar-refractivity contribution in [1.82, 2.24) is 14.9 Å². The maximum absolute atomic E-state index is 12.5. The van der Waals surface area contributed by atoms with E-state index in [9.17, 15) is 4.79 Å². The van der Waals surface area contributed by atoms with Crippen LogP contribution in [0.25, 0.3) is 0 Å². The molecule has 1 amide bonds. The molecule has 25 heavy (non-hydrogen) atoms. The lowest BCUT2D eigenvalue weighted by Gasteiger charge is -2.17. The van der Waals surface area contributed by atoms with Gasteiger partial charge in [-0.2, -0.15) is 0 Å². The molecule has 0 radical (unpaired) electrons. The standard InChI is InChI=1S/C20H20N4O/c1-24(15-16-6-3-2-4-7-16)20(25)19-10-9-18(14-23-19)22-13-17-8-5-11-21-12-17/h2-12,14,22H,13,15H2,1H3. The van der Waals surface area contributed by atoms with Crippen LogP contribution in [0.5, 0.6) is 0 Å². The fourth-order valence-electron chi connectivity index (χ4n) is 2.46. The Kier molecular flexibility index (Phi) is 5.36. The van der Waals surface area contributed by atoms with Crippen LogP contribution in [0.2, 0.25) is 0 Å². The largest absolute Gasteiger partial charge is 0.380 e. The Bertz CT molecular complexity index is 804. The topological polar surface area (TPSA) is 58.1 Å². The summed E-state index contributed by atoms with van der Waals surface area (Å²) in [6.45, 7) is 1.22. The van der Waals surface area contributed by atoms with E-state index in [1.165, 1.54) is 0 Å². The molecule has 0 saturated heterocycles. The first-order valence-electron chi connectivity index (χ1n) is 8.10. The molecule has 126 valence electrons. The highest BCUT2D eigenvalue weighted by Gasteiger charge is 2.13. The van der Waals surface area contributed by atoms with Crippen molar-refractivity contribution in [2.45, 2.75) is 13.1 Å². The van der Waals surface area contributed by atoms with Gasteiger partial charge in [-0.1, -0.05) is 36.4 Å². The number of nitrogens with zero attached hydrogens (tertiary/aromatic N) is 3. The van der Waals surface area contributed by atoms with Crippen LogP contribution in [-0.2, 0) is 13.1 Å². The van der Waals surface area contributed by atoms with Gasteiger partial charge in [-0.3, -0.25) is 9.78 Å². The first kappa shape index (κ1) is 16.6. The molecule has 0 aliphatic heterocycles. The van der Waals surface area contributed by atoms with E-state index < -0.39 is 0 Å². The molecule has 0 unspecified atom stereocenters. The zero-order valence-corrected chi connectivity index (χ0v) is 14.1. The van der Waals surface area contributed by atoms with E-state index in [2.05, 4.69) is 15.3 Å². The second kappa shape index (κ2) is 8.06. The highest BCUT2D eigenvalue weighted by Crippen LogP contribution is 2.11. The van der Waals surface area contributed by atoms with Gasteiger partial charge in [0.05, 0.1) is 11.9 Å². The van der Waals surface area contributed by atoms with Crippen molar-refractivity contribution < 1.29 is 4.79 Å². The Morgan fingerprint density at radius 1 is 1.00 bits per heavy atom. The van der Waals surface area contributed by atoms with Gasteiger partial charge in [-0.25, -0.2) is 4.98 Å². The number of carbonyl (C=O) groups excluding carboxylic acids is 1. The van der Waals surface area contributed by atoms with E-state index in [0.717, 1.165) is 16.8 Å². The average molecular weight is 332 g/mol. The van der Waals surface area contributed by atoms with Crippen LogP contribution in [0, 0.1) is 0 Å². The van der Waals surface area contributed by atoms with Crippen molar-refractivity contribution in [3.05, 3.63) is 90.0 Å². The molecule has 5 nitrogen and oxygen atoms in total. The van der Waals surface area contributed by atoms with E-state index in [1.54, 1.807) is 30.4 Å². The highest BCUT2D eigenvalue weighted by molar-refractivity contribution is 5.92. The molecule has 3 aromatic rings. The van der Waals surface area contributed by atoms with E-state index in [4.69, 9.17) is 0 Å². The second-order valence-corrected chi connectivity index (χ2v) is 5.79. The number of pyridine rings is 2. The van der Waals surface area contributed by atoms with Crippen molar-refractivity contribution in [3.8, 4) is 0 Å². The van der Waals surface area contributed by atoms with Gasteiger partial charge in [0.2, 0.25) is 0 Å². The maximum Gasteiger partial charge on any atom is 0.272 e. The Labute approximate surface area is 147 Å². The molecule has 0 saturated carbocycles. The zero-order valence-electron chi connectivity index (χ0n) is 14.1. The van der Waals surface area contributed by atoms with Gasteiger partial charge in [-0.05, 0) is 29.3 Å². The summed E-state index contributed by atoms with van der Waals surface area (Å²) in [5.41, 5.74) is 3.48. The summed E-state index contributed by atoms with van der Waals surface area (Å²) in [7, 11) is 1.78. The molecular formula is C20H20N4O. The van der Waals surface area contributed by atoms with Gasteiger partial charge in [0.25, 0.3) is 5.91 Å². The fourth-order valence-corrected chi connectivity index (χ4v) is 2.46. The van der Waals surface area contributed by atoms with Crippen LogP contribution in [0.15, 0.2) is 73.2 Å². The van der Waals surface area contributed by atoms with Crippen molar-refractivity contribution in [2.24, 2.45) is 0 Å².